The lowest BCUT2D eigenvalue weighted by Crippen LogP contribution is -2.28. The summed E-state index contributed by atoms with van der Waals surface area (Å²) in [5.74, 6) is -0.368. The monoisotopic (exact) mass is 269 g/mol. The number of ether oxygens (including phenoxy) is 2. The van der Waals surface area contributed by atoms with Gasteiger partial charge in [0.15, 0.2) is 11.5 Å². The number of hydrogen-bond acceptors (Lipinski definition) is 5. The van der Waals surface area contributed by atoms with Crippen LogP contribution in [0.15, 0.2) is 18.2 Å². The van der Waals surface area contributed by atoms with Crippen LogP contribution < -0.4 is 10.1 Å². The molecule has 0 aromatic heterocycles. The van der Waals surface area contributed by atoms with E-state index in [1.54, 1.807) is 12.1 Å². The number of aliphatic hydroxyl groups is 1. The van der Waals surface area contributed by atoms with Gasteiger partial charge in [-0.15, -0.1) is 0 Å². The highest BCUT2D eigenvalue weighted by molar-refractivity contribution is 5.97. The average Bonchev–Trinajstić information content (AvgIpc) is 2.39. The number of para-hydroxylation sites is 1. The van der Waals surface area contributed by atoms with Gasteiger partial charge < -0.3 is 25.0 Å². The summed E-state index contributed by atoms with van der Waals surface area (Å²) in [5.41, 5.74) is 0.139. The molecule has 1 amide bonds. The first kappa shape index (κ1) is 15.3. The molecule has 0 heterocycles. The predicted molar refractivity (Wildman–Crippen MR) is 69.5 cm³/mol. The van der Waals surface area contributed by atoms with Crippen molar-refractivity contribution in [1.82, 2.24) is 5.32 Å². The number of carbonyl (C=O) groups is 1. The number of hydrogen-bond donors (Lipinski definition) is 3. The molecule has 0 bridgehead atoms. The molecule has 0 radical (unpaired) electrons. The highest BCUT2D eigenvalue weighted by atomic mass is 16.5. The van der Waals surface area contributed by atoms with Gasteiger partial charge in [0.05, 0.1) is 25.4 Å². The molecule has 6 heteroatoms. The van der Waals surface area contributed by atoms with Crippen molar-refractivity contribution in [2.24, 2.45) is 0 Å². The fourth-order valence-electron chi connectivity index (χ4n) is 1.59. The minimum Gasteiger partial charge on any atom is -0.504 e. The van der Waals surface area contributed by atoms with Crippen LogP contribution in [-0.4, -0.2) is 49.6 Å². The summed E-state index contributed by atoms with van der Waals surface area (Å²) in [5, 5.41) is 21.8. The van der Waals surface area contributed by atoms with Gasteiger partial charge in [-0.2, -0.15) is 0 Å². The molecule has 1 unspecified atom stereocenters. The summed E-state index contributed by atoms with van der Waals surface area (Å²) >= 11 is 0. The quantitative estimate of drug-likeness (QED) is 0.672. The number of nitrogens with one attached hydrogen (secondary N) is 1. The van der Waals surface area contributed by atoms with Gasteiger partial charge in [-0.25, -0.2) is 0 Å². The summed E-state index contributed by atoms with van der Waals surface area (Å²) in [4.78, 5) is 11.8. The Kier molecular flexibility index (Phi) is 6.11. The van der Waals surface area contributed by atoms with E-state index in [1.165, 1.54) is 20.3 Å². The second-order valence-electron chi connectivity index (χ2n) is 4.01. The van der Waals surface area contributed by atoms with Crippen molar-refractivity contribution in [2.75, 3.05) is 27.4 Å². The van der Waals surface area contributed by atoms with Crippen molar-refractivity contribution >= 4 is 5.91 Å². The van der Waals surface area contributed by atoms with E-state index in [2.05, 4.69) is 5.32 Å². The number of amides is 1. The van der Waals surface area contributed by atoms with Gasteiger partial charge in [0, 0.05) is 13.7 Å². The largest absolute Gasteiger partial charge is 0.504 e. The molecular weight excluding hydrogens is 250 g/mol. The van der Waals surface area contributed by atoms with E-state index in [1.807, 2.05) is 0 Å². The minimum absolute atomic E-state index is 0.139. The summed E-state index contributed by atoms with van der Waals surface area (Å²) < 4.78 is 9.70. The SMILES string of the molecule is COCC(O)CCNC(=O)c1cccc(OC)c1O. The van der Waals surface area contributed by atoms with Crippen LogP contribution in [0.2, 0.25) is 0 Å². The van der Waals surface area contributed by atoms with Crippen LogP contribution >= 0.6 is 0 Å². The minimum atomic E-state index is -0.621. The van der Waals surface area contributed by atoms with Crippen LogP contribution in [0.5, 0.6) is 11.5 Å². The Morgan fingerprint density at radius 1 is 1.42 bits per heavy atom. The first-order valence-electron chi connectivity index (χ1n) is 5.91. The maximum Gasteiger partial charge on any atom is 0.255 e. The highest BCUT2D eigenvalue weighted by Gasteiger charge is 2.14. The molecule has 1 rings (SSSR count). The predicted octanol–water partition coefficient (Wildman–Crippen LogP) is 0.528. The van der Waals surface area contributed by atoms with Crippen molar-refractivity contribution < 1.29 is 24.5 Å². The Hall–Kier alpha value is -1.79. The van der Waals surface area contributed by atoms with Crippen molar-refractivity contribution in [3.05, 3.63) is 23.8 Å². The molecule has 0 saturated heterocycles. The normalized spacial score (nSPS) is 11.9. The van der Waals surface area contributed by atoms with E-state index in [0.717, 1.165) is 0 Å². The highest BCUT2D eigenvalue weighted by Crippen LogP contribution is 2.29. The molecule has 0 spiro atoms. The van der Waals surface area contributed by atoms with Crippen LogP contribution in [0.1, 0.15) is 16.8 Å². The van der Waals surface area contributed by atoms with Gasteiger partial charge in [-0.3, -0.25) is 4.79 Å². The topological polar surface area (TPSA) is 88.0 Å². The number of phenolic OH excluding ortho intramolecular Hbond substituents is 1. The molecule has 6 nitrogen and oxygen atoms in total. The summed E-state index contributed by atoms with van der Waals surface area (Å²) in [6, 6.07) is 4.68. The van der Waals surface area contributed by atoms with E-state index < -0.39 is 12.0 Å². The molecule has 1 aromatic carbocycles. The summed E-state index contributed by atoms with van der Waals surface area (Å²) in [7, 11) is 2.91. The maximum absolute atomic E-state index is 11.8. The van der Waals surface area contributed by atoms with Crippen LogP contribution in [-0.2, 0) is 4.74 Å². The third kappa shape index (κ3) is 4.42. The third-order valence-electron chi connectivity index (χ3n) is 2.59. The maximum atomic E-state index is 11.8. The molecule has 1 atom stereocenters. The number of aromatic hydroxyl groups is 1. The number of rotatable bonds is 7. The van der Waals surface area contributed by atoms with Crippen LogP contribution in [0.4, 0.5) is 0 Å². The van der Waals surface area contributed by atoms with E-state index in [9.17, 15) is 15.0 Å². The molecule has 0 aliphatic rings. The van der Waals surface area contributed by atoms with Gasteiger partial charge in [-0.05, 0) is 18.6 Å². The second kappa shape index (κ2) is 7.60. The lowest BCUT2D eigenvalue weighted by molar-refractivity contribution is 0.0587. The first-order valence-corrected chi connectivity index (χ1v) is 5.91. The van der Waals surface area contributed by atoms with Gasteiger partial charge in [-0.1, -0.05) is 6.07 Å². The van der Waals surface area contributed by atoms with Crippen molar-refractivity contribution in [2.45, 2.75) is 12.5 Å². The molecule has 1 aromatic rings. The van der Waals surface area contributed by atoms with E-state index in [0.29, 0.717) is 13.0 Å². The average molecular weight is 269 g/mol. The van der Waals surface area contributed by atoms with Gasteiger partial charge in [0.2, 0.25) is 0 Å². The molecule has 0 saturated carbocycles. The van der Waals surface area contributed by atoms with Gasteiger partial charge in [0.25, 0.3) is 5.91 Å². The first-order chi connectivity index (χ1) is 9.10. The Morgan fingerprint density at radius 2 is 2.16 bits per heavy atom. The Labute approximate surface area is 112 Å². The Balaban J connectivity index is 2.54. The Morgan fingerprint density at radius 3 is 2.79 bits per heavy atom. The molecule has 3 N–H and O–H groups in total. The third-order valence-corrected chi connectivity index (χ3v) is 2.59. The zero-order valence-electron chi connectivity index (χ0n) is 11.0. The number of phenols is 1. The van der Waals surface area contributed by atoms with E-state index >= 15 is 0 Å². The van der Waals surface area contributed by atoms with E-state index in [-0.39, 0.29) is 23.7 Å². The fourth-order valence-corrected chi connectivity index (χ4v) is 1.59. The van der Waals surface area contributed by atoms with Crippen molar-refractivity contribution in [3.63, 3.8) is 0 Å². The van der Waals surface area contributed by atoms with Crippen LogP contribution in [0, 0.1) is 0 Å². The van der Waals surface area contributed by atoms with Crippen molar-refractivity contribution in [1.29, 1.82) is 0 Å². The number of methoxy groups -OCH3 is 2. The zero-order valence-corrected chi connectivity index (χ0v) is 11.0. The number of benzene rings is 1. The molecule has 0 fully saturated rings. The number of aliphatic hydroxyl groups excluding tert-OH is 1. The smallest absolute Gasteiger partial charge is 0.255 e. The molecule has 0 aliphatic carbocycles. The summed E-state index contributed by atoms with van der Waals surface area (Å²) in [6.45, 7) is 0.514. The standard InChI is InChI=1S/C13H19NO5/c1-18-8-9(15)6-7-14-13(17)10-4-3-5-11(19-2)12(10)16/h3-5,9,15-16H,6-8H2,1-2H3,(H,14,17). The van der Waals surface area contributed by atoms with Gasteiger partial charge in [0.1, 0.15) is 0 Å². The molecule has 19 heavy (non-hydrogen) atoms. The van der Waals surface area contributed by atoms with E-state index in [4.69, 9.17) is 9.47 Å². The van der Waals surface area contributed by atoms with Crippen molar-refractivity contribution in [3.8, 4) is 11.5 Å². The molecule has 0 aliphatic heterocycles. The number of carbonyl (C=O) groups excluding carboxylic acids is 1. The lowest BCUT2D eigenvalue weighted by Gasteiger charge is -2.11. The zero-order chi connectivity index (χ0) is 14.3. The van der Waals surface area contributed by atoms with Crippen LogP contribution in [0.25, 0.3) is 0 Å². The second-order valence-corrected chi connectivity index (χ2v) is 4.01. The lowest BCUT2D eigenvalue weighted by atomic mass is 10.1. The Bertz CT molecular complexity index is 421. The fraction of sp³-hybridized carbons (Fsp3) is 0.462. The van der Waals surface area contributed by atoms with Gasteiger partial charge >= 0.3 is 0 Å². The molecule has 106 valence electrons. The molecular formula is C13H19NO5. The summed E-state index contributed by atoms with van der Waals surface area (Å²) in [6.07, 6.45) is -0.242. The van der Waals surface area contributed by atoms with Crippen LogP contribution in [0.3, 0.4) is 0 Å².